The lowest BCUT2D eigenvalue weighted by molar-refractivity contribution is -0.140. The summed E-state index contributed by atoms with van der Waals surface area (Å²) in [5, 5.41) is 4.43. The van der Waals surface area contributed by atoms with E-state index in [2.05, 4.69) is 12.2 Å². The van der Waals surface area contributed by atoms with E-state index in [0.717, 1.165) is 24.0 Å². The predicted molar refractivity (Wildman–Crippen MR) is 78.7 cm³/mol. The van der Waals surface area contributed by atoms with E-state index in [-0.39, 0.29) is 6.04 Å². The molecular formula is C16H19F3N2O2. The van der Waals surface area contributed by atoms with Crippen LogP contribution in [0.1, 0.15) is 49.3 Å². The van der Waals surface area contributed by atoms with Crippen molar-refractivity contribution in [3.63, 3.8) is 0 Å². The van der Waals surface area contributed by atoms with Gasteiger partial charge in [-0.05, 0) is 29.9 Å². The van der Waals surface area contributed by atoms with Crippen molar-refractivity contribution in [3.8, 4) is 0 Å². The van der Waals surface area contributed by atoms with Crippen LogP contribution < -0.4 is 10.6 Å². The standard InChI is InChI=1S/C16H19F3N2O2/c1-10-6-7-13(12-5-3-2-4-11(10)12)21-15(23)8-14(22)20-9-16(17,18)19/h2-5,10,13H,6-9H2,1H3,(H,20,22)(H,21,23)/t10-,13-/m0/s1. The number of nitrogens with one attached hydrogen (secondary N) is 2. The smallest absolute Gasteiger partial charge is 0.349 e. The third kappa shape index (κ3) is 4.97. The van der Waals surface area contributed by atoms with Crippen molar-refractivity contribution in [2.24, 2.45) is 0 Å². The molecule has 1 aromatic rings. The Labute approximate surface area is 132 Å². The number of benzene rings is 1. The summed E-state index contributed by atoms with van der Waals surface area (Å²) in [7, 11) is 0. The lowest BCUT2D eigenvalue weighted by atomic mass is 9.81. The van der Waals surface area contributed by atoms with Gasteiger partial charge in [0, 0.05) is 0 Å². The van der Waals surface area contributed by atoms with Crippen LogP contribution in [0.25, 0.3) is 0 Å². The van der Waals surface area contributed by atoms with Gasteiger partial charge < -0.3 is 10.6 Å². The van der Waals surface area contributed by atoms with Crippen LogP contribution >= 0.6 is 0 Å². The molecule has 0 radical (unpaired) electrons. The molecule has 0 saturated carbocycles. The maximum Gasteiger partial charge on any atom is 0.405 e. The number of hydrogen-bond donors (Lipinski definition) is 2. The summed E-state index contributed by atoms with van der Waals surface area (Å²) < 4.78 is 36.0. The second-order valence-electron chi connectivity index (χ2n) is 5.80. The van der Waals surface area contributed by atoms with Gasteiger partial charge >= 0.3 is 6.18 Å². The van der Waals surface area contributed by atoms with Gasteiger partial charge in [0.15, 0.2) is 0 Å². The number of alkyl halides is 3. The average molecular weight is 328 g/mol. The summed E-state index contributed by atoms with van der Waals surface area (Å²) in [6.45, 7) is 0.685. The Kier molecular flexibility index (Phi) is 5.28. The maximum atomic E-state index is 12.0. The molecule has 2 N–H and O–H groups in total. The minimum Gasteiger partial charge on any atom is -0.349 e. The Morgan fingerprint density at radius 3 is 2.43 bits per heavy atom. The highest BCUT2D eigenvalue weighted by Crippen LogP contribution is 2.36. The molecule has 2 amide bonds. The van der Waals surface area contributed by atoms with Crippen molar-refractivity contribution in [3.05, 3.63) is 35.4 Å². The Balaban J connectivity index is 1.91. The molecule has 0 fully saturated rings. The molecule has 0 unspecified atom stereocenters. The SMILES string of the molecule is C[C@H]1CC[C@H](NC(=O)CC(=O)NCC(F)(F)F)c2ccccc21. The van der Waals surface area contributed by atoms with Gasteiger partial charge in [0.2, 0.25) is 11.8 Å². The minimum absolute atomic E-state index is 0.203. The molecule has 0 heterocycles. The zero-order valence-corrected chi connectivity index (χ0v) is 12.7. The fourth-order valence-electron chi connectivity index (χ4n) is 2.81. The minimum atomic E-state index is -4.48. The Morgan fingerprint density at radius 2 is 1.78 bits per heavy atom. The summed E-state index contributed by atoms with van der Waals surface area (Å²) in [6.07, 6.45) is -3.44. The Hall–Kier alpha value is -2.05. The zero-order chi connectivity index (χ0) is 17.0. The van der Waals surface area contributed by atoms with Crippen molar-refractivity contribution in [2.75, 3.05) is 6.54 Å². The van der Waals surface area contributed by atoms with E-state index >= 15 is 0 Å². The number of fused-ring (bicyclic) bond motifs is 1. The molecule has 1 aliphatic carbocycles. The molecule has 23 heavy (non-hydrogen) atoms. The van der Waals surface area contributed by atoms with Crippen LogP contribution in [0, 0.1) is 0 Å². The lowest BCUT2D eigenvalue weighted by Gasteiger charge is -2.30. The van der Waals surface area contributed by atoms with E-state index in [1.54, 1.807) is 5.32 Å². The van der Waals surface area contributed by atoms with Gasteiger partial charge in [-0.1, -0.05) is 31.2 Å². The van der Waals surface area contributed by atoms with E-state index < -0.39 is 31.0 Å². The van der Waals surface area contributed by atoms with E-state index in [1.165, 1.54) is 0 Å². The topological polar surface area (TPSA) is 58.2 Å². The van der Waals surface area contributed by atoms with E-state index in [0.29, 0.717) is 5.92 Å². The van der Waals surface area contributed by atoms with E-state index in [1.807, 2.05) is 24.3 Å². The first-order valence-electron chi connectivity index (χ1n) is 7.48. The number of carbonyl (C=O) groups is 2. The maximum absolute atomic E-state index is 12.0. The first kappa shape index (κ1) is 17.3. The van der Waals surface area contributed by atoms with Crippen LogP contribution in [0.15, 0.2) is 24.3 Å². The van der Waals surface area contributed by atoms with E-state index in [9.17, 15) is 22.8 Å². The molecule has 0 spiro atoms. The van der Waals surface area contributed by atoms with Crippen molar-refractivity contribution in [1.82, 2.24) is 10.6 Å². The number of amides is 2. The van der Waals surface area contributed by atoms with Crippen LogP contribution in [0.2, 0.25) is 0 Å². The van der Waals surface area contributed by atoms with Gasteiger partial charge in [0.05, 0.1) is 6.04 Å². The molecule has 2 rings (SSSR count). The third-order valence-electron chi connectivity index (χ3n) is 3.93. The summed E-state index contributed by atoms with van der Waals surface area (Å²) >= 11 is 0. The van der Waals surface area contributed by atoms with Gasteiger partial charge in [0.1, 0.15) is 13.0 Å². The number of hydrogen-bond acceptors (Lipinski definition) is 2. The third-order valence-corrected chi connectivity index (χ3v) is 3.93. The molecule has 1 aromatic carbocycles. The monoisotopic (exact) mass is 328 g/mol. The summed E-state index contributed by atoms with van der Waals surface area (Å²) in [5.41, 5.74) is 2.17. The Bertz CT molecular complexity index is 587. The normalized spacial score (nSPS) is 20.5. The molecule has 0 aliphatic heterocycles. The second kappa shape index (κ2) is 7.02. The van der Waals surface area contributed by atoms with Gasteiger partial charge in [-0.25, -0.2) is 0 Å². The lowest BCUT2D eigenvalue weighted by Crippen LogP contribution is -2.38. The predicted octanol–water partition coefficient (Wildman–Crippen LogP) is 2.81. The van der Waals surface area contributed by atoms with Crippen molar-refractivity contribution >= 4 is 11.8 Å². The van der Waals surface area contributed by atoms with Crippen LogP contribution in [0.5, 0.6) is 0 Å². The molecule has 4 nitrogen and oxygen atoms in total. The molecule has 7 heteroatoms. The average Bonchev–Trinajstić information content (AvgIpc) is 2.48. The Morgan fingerprint density at radius 1 is 1.13 bits per heavy atom. The first-order valence-corrected chi connectivity index (χ1v) is 7.48. The van der Waals surface area contributed by atoms with Gasteiger partial charge in [-0.15, -0.1) is 0 Å². The van der Waals surface area contributed by atoms with Crippen molar-refractivity contribution in [1.29, 1.82) is 0 Å². The summed E-state index contributed by atoms with van der Waals surface area (Å²) in [6, 6.07) is 7.55. The van der Waals surface area contributed by atoms with Gasteiger partial charge in [0.25, 0.3) is 0 Å². The quantitative estimate of drug-likeness (QED) is 0.835. The molecule has 0 bridgehead atoms. The first-order chi connectivity index (χ1) is 10.8. The molecule has 1 aliphatic rings. The zero-order valence-electron chi connectivity index (χ0n) is 12.7. The number of rotatable bonds is 4. The van der Waals surface area contributed by atoms with Crippen LogP contribution in [-0.4, -0.2) is 24.5 Å². The van der Waals surface area contributed by atoms with Crippen molar-refractivity contribution < 1.29 is 22.8 Å². The fourth-order valence-corrected chi connectivity index (χ4v) is 2.81. The highest BCUT2D eigenvalue weighted by atomic mass is 19.4. The number of carbonyl (C=O) groups excluding carboxylic acids is 2. The highest BCUT2D eigenvalue weighted by Gasteiger charge is 2.29. The van der Waals surface area contributed by atoms with Gasteiger partial charge in [-0.3, -0.25) is 9.59 Å². The molecule has 2 atom stereocenters. The van der Waals surface area contributed by atoms with Gasteiger partial charge in [-0.2, -0.15) is 13.2 Å². The van der Waals surface area contributed by atoms with Crippen LogP contribution in [-0.2, 0) is 9.59 Å². The molecule has 0 aromatic heterocycles. The molecular weight excluding hydrogens is 309 g/mol. The van der Waals surface area contributed by atoms with Crippen LogP contribution in [0.3, 0.4) is 0 Å². The fraction of sp³-hybridized carbons (Fsp3) is 0.500. The molecule has 126 valence electrons. The largest absolute Gasteiger partial charge is 0.405 e. The van der Waals surface area contributed by atoms with Crippen LogP contribution in [0.4, 0.5) is 13.2 Å². The number of halogens is 3. The highest BCUT2D eigenvalue weighted by molar-refractivity contribution is 5.97. The summed E-state index contributed by atoms with van der Waals surface area (Å²) in [5.74, 6) is -1.11. The second-order valence-corrected chi connectivity index (χ2v) is 5.80. The van der Waals surface area contributed by atoms with Crippen molar-refractivity contribution in [2.45, 2.75) is 44.3 Å². The molecule has 0 saturated heterocycles. The summed E-state index contributed by atoms with van der Waals surface area (Å²) in [4.78, 5) is 23.3. The van der Waals surface area contributed by atoms with E-state index in [4.69, 9.17) is 0 Å².